The molecule has 0 aliphatic carbocycles. The Morgan fingerprint density at radius 3 is 2.52 bits per heavy atom. The molecule has 0 amide bonds. The van der Waals surface area contributed by atoms with E-state index >= 15 is 0 Å². The number of carbonyl (C=O) groups is 2. The Bertz CT molecular complexity index is 910. The van der Waals surface area contributed by atoms with Crippen LogP contribution in [0.2, 0.25) is 0 Å². The van der Waals surface area contributed by atoms with Crippen molar-refractivity contribution in [3.8, 4) is 17.6 Å². The van der Waals surface area contributed by atoms with Crippen LogP contribution in [-0.2, 0) is 16.0 Å². The average Bonchev–Trinajstić information content (AvgIpc) is 2.75. The lowest BCUT2D eigenvalue weighted by atomic mass is 10.1. The van der Waals surface area contributed by atoms with Crippen molar-refractivity contribution < 1.29 is 23.8 Å². The predicted octanol–water partition coefficient (Wildman–Crippen LogP) is 3.99. The molecular weight excluding hydrogens is 370 g/mol. The summed E-state index contributed by atoms with van der Waals surface area (Å²) in [6.07, 6.45) is 4.79. The second kappa shape index (κ2) is 11.3. The minimum absolute atomic E-state index is 0.0900. The molecule has 0 saturated carbocycles. The molecule has 2 aromatic rings. The average molecular weight is 393 g/mol. The molecule has 0 spiro atoms. The van der Waals surface area contributed by atoms with Gasteiger partial charge in [0, 0.05) is 11.6 Å². The Morgan fingerprint density at radius 2 is 1.86 bits per heavy atom. The molecule has 0 atom stereocenters. The number of carbonyl (C=O) groups excluding carboxylic acids is 2. The summed E-state index contributed by atoms with van der Waals surface area (Å²) in [5.74, 6) is 0.00184. The molecule has 0 aromatic heterocycles. The number of hydrogen-bond acceptors (Lipinski definition) is 6. The van der Waals surface area contributed by atoms with Gasteiger partial charge in [0.05, 0.1) is 7.11 Å². The van der Waals surface area contributed by atoms with Crippen LogP contribution in [0.1, 0.15) is 34.8 Å². The fourth-order valence-corrected chi connectivity index (χ4v) is 2.60. The third-order valence-electron chi connectivity index (χ3n) is 4.05. The predicted molar refractivity (Wildman–Crippen MR) is 109 cm³/mol. The highest BCUT2D eigenvalue weighted by molar-refractivity contribution is 5.98. The highest BCUT2D eigenvalue weighted by Crippen LogP contribution is 2.28. The zero-order chi connectivity index (χ0) is 21.1. The first-order valence-electron chi connectivity index (χ1n) is 9.22. The summed E-state index contributed by atoms with van der Waals surface area (Å²) < 4.78 is 15.5. The number of ether oxygens (including phenoxy) is 3. The van der Waals surface area contributed by atoms with Crippen LogP contribution in [0.3, 0.4) is 0 Å². The molecule has 6 heteroatoms. The van der Waals surface area contributed by atoms with Gasteiger partial charge < -0.3 is 14.2 Å². The summed E-state index contributed by atoms with van der Waals surface area (Å²) in [5.41, 5.74) is 2.36. The van der Waals surface area contributed by atoms with E-state index in [1.54, 1.807) is 36.4 Å². The number of nitrogens with zero attached hydrogens (tertiary/aromatic N) is 1. The third kappa shape index (κ3) is 6.82. The SMILES string of the molecule is CCCc1ccc(C(=O)COC(=O)/C=C/c2ccc(OCC#N)c(OC)c2)cc1. The first-order chi connectivity index (χ1) is 14.1. The van der Waals surface area contributed by atoms with E-state index in [1.165, 1.54) is 18.7 Å². The van der Waals surface area contributed by atoms with Gasteiger partial charge in [-0.05, 0) is 35.8 Å². The van der Waals surface area contributed by atoms with Crippen LogP contribution < -0.4 is 9.47 Å². The highest BCUT2D eigenvalue weighted by atomic mass is 16.5. The Morgan fingerprint density at radius 1 is 1.10 bits per heavy atom. The van der Waals surface area contributed by atoms with Crippen molar-refractivity contribution in [3.63, 3.8) is 0 Å². The maximum Gasteiger partial charge on any atom is 0.331 e. The number of esters is 1. The van der Waals surface area contributed by atoms with E-state index in [0.717, 1.165) is 12.8 Å². The molecule has 0 heterocycles. The summed E-state index contributed by atoms with van der Waals surface area (Å²) in [6.45, 7) is 1.69. The van der Waals surface area contributed by atoms with Gasteiger partial charge >= 0.3 is 5.97 Å². The largest absolute Gasteiger partial charge is 0.493 e. The van der Waals surface area contributed by atoms with E-state index in [2.05, 4.69) is 6.92 Å². The smallest absolute Gasteiger partial charge is 0.331 e. The van der Waals surface area contributed by atoms with Crippen molar-refractivity contribution in [1.82, 2.24) is 0 Å². The number of ketones is 1. The Hall–Kier alpha value is -3.59. The van der Waals surface area contributed by atoms with E-state index in [4.69, 9.17) is 19.5 Å². The van der Waals surface area contributed by atoms with E-state index in [1.807, 2.05) is 18.2 Å². The van der Waals surface area contributed by atoms with Gasteiger partial charge in [0.1, 0.15) is 6.07 Å². The van der Waals surface area contributed by atoms with Crippen molar-refractivity contribution in [1.29, 1.82) is 5.26 Å². The standard InChI is InChI=1S/C23H23NO5/c1-3-4-17-5-9-19(10-6-17)20(25)16-29-23(26)12-8-18-7-11-21(28-14-13-24)22(15-18)27-2/h5-12,15H,3-4,14,16H2,1-2H3/b12-8+. The van der Waals surface area contributed by atoms with Crippen molar-refractivity contribution in [2.45, 2.75) is 19.8 Å². The van der Waals surface area contributed by atoms with Crippen molar-refractivity contribution in [2.24, 2.45) is 0 Å². The molecule has 6 nitrogen and oxygen atoms in total. The molecular formula is C23H23NO5. The first-order valence-corrected chi connectivity index (χ1v) is 9.22. The monoisotopic (exact) mass is 393 g/mol. The second-order valence-electron chi connectivity index (χ2n) is 6.17. The summed E-state index contributed by atoms with van der Waals surface area (Å²) in [4.78, 5) is 24.0. The Kier molecular flexibility index (Phi) is 8.46. The number of benzene rings is 2. The number of nitriles is 1. The van der Waals surface area contributed by atoms with Crippen LogP contribution in [0.15, 0.2) is 48.5 Å². The van der Waals surface area contributed by atoms with Gasteiger partial charge in [-0.2, -0.15) is 5.26 Å². The lowest BCUT2D eigenvalue weighted by Gasteiger charge is -2.08. The maximum absolute atomic E-state index is 12.1. The molecule has 0 bridgehead atoms. The molecule has 0 aliphatic heterocycles. The zero-order valence-corrected chi connectivity index (χ0v) is 16.5. The number of methoxy groups -OCH3 is 1. The van der Waals surface area contributed by atoms with Crippen LogP contribution in [0.5, 0.6) is 11.5 Å². The summed E-state index contributed by atoms with van der Waals surface area (Å²) >= 11 is 0. The summed E-state index contributed by atoms with van der Waals surface area (Å²) in [6, 6.07) is 14.2. The fourth-order valence-electron chi connectivity index (χ4n) is 2.60. The molecule has 2 rings (SSSR count). The molecule has 0 aliphatic rings. The third-order valence-corrected chi connectivity index (χ3v) is 4.05. The zero-order valence-electron chi connectivity index (χ0n) is 16.5. The van der Waals surface area contributed by atoms with Crippen LogP contribution in [0.4, 0.5) is 0 Å². The number of aryl methyl sites for hydroxylation is 1. The highest BCUT2D eigenvalue weighted by Gasteiger charge is 2.09. The minimum Gasteiger partial charge on any atom is -0.493 e. The Labute approximate surface area is 170 Å². The lowest BCUT2D eigenvalue weighted by Crippen LogP contribution is -2.12. The fraction of sp³-hybridized carbons (Fsp3) is 0.261. The van der Waals surface area contributed by atoms with E-state index in [9.17, 15) is 9.59 Å². The molecule has 150 valence electrons. The summed E-state index contributed by atoms with van der Waals surface area (Å²) in [5, 5.41) is 8.58. The first kappa shape index (κ1) is 21.7. The van der Waals surface area contributed by atoms with E-state index < -0.39 is 5.97 Å². The number of rotatable bonds is 10. The van der Waals surface area contributed by atoms with Gasteiger partial charge in [0.15, 0.2) is 30.5 Å². The maximum atomic E-state index is 12.1. The van der Waals surface area contributed by atoms with E-state index in [0.29, 0.717) is 22.6 Å². The quantitative estimate of drug-likeness (QED) is 0.345. The molecule has 0 fully saturated rings. The second-order valence-corrected chi connectivity index (χ2v) is 6.17. The van der Waals surface area contributed by atoms with Gasteiger partial charge in [0.2, 0.25) is 0 Å². The number of hydrogen-bond donors (Lipinski definition) is 0. The molecule has 0 saturated heterocycles. The molecule has 0 radical (unpaired) electrons. The van der Waals surface area contributed by atoms with Gasteiger partial charge in [-0.3, -0.25) is 4.79 Å². The normalized spacial score (nSPS) is 10.4. The van der Waals surface area contributed by atoms with Crippen LogP contribution in [0, 0.1) is 11.3 Å². The molecule has 29 heavy (non-hydrogen) atoms. The van der Waals surface area contributed by atoms with Crippen LogP contribution >= 0.6 is 0 Å². The van der Waals surface area contributed by atoms with Gasteiger partial charge in [-0.15, -0.1) is 0 Å². The number of Topliss-reactive ketones (excluding diaryl/α,β-unsaturated/α-hetero) is 1. The molecule has 2 aromatic carbocycles. The topological polar surface area (TPSA) is 85.6 Å². The van der Waals surface area contributed by atoms with Crippen LogP contribution in [0.25, 0.3) is 6.08 Å². The molecule has 0 unspecified atom stereocenters. The van der Waals surface area contributed by atoms with Crippen LogP contribution in [-0.4, -0.2) is 32.1 Å². The molecule has 0 N–H and O–H groups in total. The van der Waals surface area contributed by atoms with Gasteiger partial charge in [-0.1, -0.05) is 43.7 Å². The van der Waals surface area contributed by atoms with Gasteiger partial charge in [0.25, 0.3) is 0 Å². The lowest BCUT2D eigenvalue weighted by molar-refractivity contribution is -0.136. The van der Waals surface area contributed by atoms with Crippen molar-refractivity contribution in [3.05, 3.63) is 65.2 Å². The van der Waals surface area contributed by atoms with Gasteiger partial charge in [-0.25, -0.2) is 4.79 Å². The Balaban J connectivity index is 1.90. The summed E-state index contributed by atoms with van der Waals surface area (Å²) in [7, 11) is 1.48. The minimum atomic E-state index is -0.621. The van der Waals surface area contributed by atoms with Crippen molar-refractivity contribution in [2.75, 3.05) is 20.3 Å². The van der Waals surface area contributed by atoms with E-state index in [-0.39, 0.29) is 19.0 Å². The van der Waals surface area contributed by atoms with Crippen molar-refractivity contribution >= 4 is 17.8 Å².